The molecule has 1 saturated heterocycles. The first kappa shape index (κ1) is 17.0. The van der Waals surface area contributed by atoms with Gasteiger partial charge in [-0.25, -0.2) is 0 Å². The normalized spacial score (nSPS) is 19.9. The molecular weight excluding hydrogens is 299 g/mol. The van der Waals surface area contributed by atoms with Crippen LogP contribution in [0, 0.1) is 5.21 Å². The van der Waals surface area contributed by atoms with Crippen molar-refractivity contribution < 1.29 is 18.4 Å². The van der Waals surface area contributed by atoms with E-state index in [2.05, 4.69) is 4.90 Å². The molecule has 0 aromatic heterocycles. The molecule has 1 aromatic carbocycles. The van der Waals surface area contributed by atoms with E-state index in [1.54, 1.807) is 0 Å². The number of benzene rings is 1. The molecule has 1 atom stereocenters. The monoisotopic (exact) mass is 318 g/mol. The molecule has 0 amide bonds. The number of hydrogen-bond acceptors (Lipinski definition) is 5. The lowest BCUT2D eigenvalue weighted by atomic mass is 10.1. The zero-order chi connectivity index (χ0) is 16.5. The van der Waals surface area contributed by atoms with Gasteiger partial charge in [-0.05, 0) is 38.2 Å². The van der Waals surface area contributed by atoms with Crippen LogP contribution in [0.4, 0.5) is 18.9 Å². The third-order valence-corrected chi connectivity index (χ3v) is 3.99. The van der Waals surface area contributed by atoms with E-state index in [9.17, 15) is 18.4 Å². The van der Waals surface area contributed by atoms with Crippen LogP contribution in [0.25, 0.3) is 0 Å². The Morgan fingerprint density at radius 2 is 2.05 bits per heavy atom. The molecule has 0 aliphatic carbocycles. The van der Waals surface area contributed by atoms with Crippen molar-refractivity contribution in [1.82, 2.24) is 9.80 Å². The van der Waals surface area contributed by atoms with Crippen molar-refractivity contribution in [3.8, 4) is 0 Å². The standard InChI is InChI=1S/C14H19F3N3O2/c1-18(2)12-5-6-19(9-12)8-10-3-4-11(20(21)22)7-13(10)14(15,16)17/h3-4,7,12,21H,5-6,8-9H2,1-2H3/q-1/t12-/m0/s1. The smallest absolute Gasteiger partial charge is 0.416 e. The number of hydrogen-bond donors (Lipinski definition) is 1. The maximum Gasteiger partial charge on any atom is 0.416 e. The molecule has 1 aromatic rings. The highest BCUT2D eigenvalue weighted by atomic mass is 19.4. The quantitative estimate of drug-likeness (QED) is 0.865. The Morgan fingerprint density at radius 3 is 2.55 bits per heavy atom. The van der Waals surface area contributed by atoms with Crippen molar-refractivity contribution in [2.24, 2.45) is 0 Å². The fourth-order valence-corrected chi connectivity index (χ4v) is 2.70. The summed E-state index contributed by atoms with van der Waals surface area (Å²) in [6.45, 7) is 1.61. The Morgan fingerprint density at radius 1 is 1.36 bits per heavy atom. The molecule has 5 nitrogen and oxygen atoms in total. The molecule has 1 fully saturated rings. The predicted molar refractivity (Wildman–Crippen MR) is 76.4 cm³/mol. The Bertz CT molecular complexity index is 521. The molecule has 1 N–H and O–H groups in total. The molecule has 8 heteroatoms. The number of nitrogens with zero attached hydrogens (tertiary/aromatic N) is 3. The van der Waals surface area contributed by atoms with Gasteiger partial charge >= 0.3 is 6.18 Å². The first-order chi connectivity index (χ1) is 10.2. The first-order valence-electron chi connectivity index (χ1n) is 6.93. The molecule has 0 spiro atoms. The van der Waals surface area contributed by atoms with Gasteiger partial charge in [-0.15, -0.1) is 0 Å². The van der Waals surface area contributed by atoms with Crippen molar-refractivity contribution in [3.63, 3.8) is 0 Å². The van der Waals surface area contributed by atoms with E-state index in [0.29, 0.717) is 18.7 Å². The van der Waals surface area contributed by atoms with Crippen LogP contribution in [0.2, 0.25) is 0 Å². The van der Waals surface area contributed by atoms with Crippen molar-refractivity contribution in [2.75, 3.05) is 32.4 Å². The summed E-state index contributed by atoms with van der Waals surface area (Å²) in [4.78, 5) is 4.03. The van der Waals surface area contributed by atoms with Gasteiger partial charge in [0.2, 0.25) is 0 Å². The molecular formula is C14H19F3N3O2-. The lowest BCUT2D eigenvalue weighted by Gasteiger charge is -2.25. The summed E-state index contributed by atoms with van der Waals surface area (Å²) in [5.74, 6) is 0. The zero-order valence-electron chi connectivity index (χ0n) is 12.5. The third kappa shape index (κ3) is 3.89. The summed E-state index contributed by atoms with van der Waals surface area (Å²) in [5.41, 5.74) is -1.20. The van der Waals surface area contributed by atoms with E-state index in [1.165, 1.54) is 12.1 Å². The van der Waals surface area contributed by atoms with Gasteiger partial charge in [0.25, 0.3) is 0 Å². The van der Waals surface area contributed by atoms with E-state index >= 15 is 0 Å². The first-order valence-corrected chi connectivity index (χ1v) is 6.93. The van der Waals surface area contributed by atoms with Gasteiger partial charge in [0.15, 0.2) is 0 Å². The highest BCUT2D eigenvalue weighted by Crippen LogP contribution is 2.35. The lowest BCUT2D eigenvalue weighted by molar-refractivity contribution is -0.138. The van der Waals surface area contributed by atoms with E-state index < -0.39 is 22.7 Å². The topological polar surface area (TPSA) is 53.0 Å². The van der Waals surface area contributed by atoms with Gasteiger partial charge in [0.1, 0.15) is 0 Å². The van der Waals surface area contributed by atoms with Crippen molar-refractivity contribution in [2.45, 2.75) is 25.2 Å². The van der Waals surface area contributed by atoms with Crippen LogP contribution >= 0.6 is 0 Å². The average Bonchev–Trinajstić information content (AvgIpc) is 2.86. The number of likely N-dealkylation sites (N-methyl/N-ethyl adjacent to an activating group) is 1. The third-order valence-electron chi connectivity index (χ3n) is 3.99. The predicted octanol–water partition coefficient (Wildman–Crippen LogP) is 2.53. The Kier molecular flexibility index (Phi) is 4.96. The van der Waals surface area contributed by atoms with Crippen molar-refractivity contribution in [3.05, 3.63) is 34.5 Å². The highest BCUT2D eigenvalue weighted by Gasteiger charge is 2.35. The van der Waals surface area contributed by atoms with E-state index in [1.807, 2.05) is 19.0 Å². The van der Waals surface area contributed by atoms with Gasteiger partial charge in [0, 0.05) is 25.7 Å². The van der Waals surface area contributed by atoms with Crippen LogP contribution in [0.15, 0.2) is 18.2 Å². The van der Waals surface area contributed by atoms with Crippen molar-refractivity contribution in [1.29, 1.82) is 0 Å². The minimum Gasteiger partial charge on any atom is -0.733 e. The number of likely N-dealkylation sites (tertiary alicyclic amines) is 1. The second-order valence-electron chi connectivity index (χ2n) is 5.75. The van der Waals surface area contributed by atoms with Crippen molar-refractivity contribution >= 4 is 5.69 Å². The minimum absolute atomic E-state index is 0.109. The van der Waals surface area contributed by atoms with Gasteiger partial charge in [-0.1, -0.05) is 6.07 Å². The molecule has 2 rings (SSSR count). The highest BCUT2D eigenvalue weighted by molar-refractivity contribution is 5.50. The van der Waals surface area contributed by atoms with Crippen LogP contribution < -0.4 is 5.23 Å². The number of rotatable bonds is 4. The van der Waals surface area contributed by atoms with Crippen LogP contribution in [-0.4, -0.2) is 48.2 Å². The molecule has 1 aliphatic rings. The molecule has 0 unspecified atom stereocenters. The second-order valence-corrected chi connectivity index (χ2v) is 5.75. The van der Waals surface area contributed by atoms with Crippen LogP contribution in [0.5, 0.6) is 0 Å². The van der Waals surface area contributed by atoms with Gasteiger partial charge < -0.3 is 15.3 Å². The Hall–Kier alpha value is -1.35. The van der Waals surface area contributed by atoms with E-state index in [-0.39, 0.29) is 12.1 Å². The van der Waals surface area contributed by atoms with Crippen LogP contribution in [0.1, 0.15) is 17.5 Å². The largest absolute Gasteiger partial charge is 0.733 e. The summed E-state index contributed by atoms with van der Waals surface area (Å²) in [7, 11) is 3.91. The summed E-state index contributed by atoms with van der Waals surface area (Å²) in [5, 5.41) is 19.0. The van der Waals surface area contributed by atoms with E-state index in [0.717, 1.165) is 13.0 Å². The second kappa shape index (κ2) is 6.41. The lowest BCUT2D eigenvalue weighted by Crippen LogP contribution is -2.31. The SMILES string of the molecule is CN(C)[C@H]1CCN(Cc2ccc(N([O-])O)cc2C(F)(F)F)C1. The zero-order valence-corrected chi connectivity index (χ0v) is 12.5. The maximum absolute atomic E-state index is 13.1. The fourth-order valence-electron chi connectivity index (χ4n) is 2.70. The number of alkyl halides is 3. The van der Waals surface area contributed by atoms with Gasteiger partial charge in [-0.3, -0.25) is 10.1 Å². The summed E-state index contributed by atoms with van der Waals surface area (Å²) in [6.07, 6.45) is -3.65. The molecule has 124 valence electrons. The molecule has 0 radical (unpaired) electrons. The van der Waals surface area contributed by atoms with Crippen LogP contribution in [0.3, 0.4) is 0 Å². The molecule has 0 bridgehead atoms. The van der Waals surface area contributed by atoms with Crippen LogP contribution in [-0.2, 0) is 12.7 Å². The number of halogens is 3. The van der Waals surface area contributed by atoms with E-state index in [4.69, 9.17) is 5.21 Å². The number of anilines is 1. The molecule has 1 heterocycles. The summed E-state index contributed by atoms with van der Waals surface area (Å²) >= 11 is 0. The average molecular weight is 318 g/mol. The molecule has 22 heavy (non-hydrogen) atoms. The van der Waals surface area contributed by atoms with Gasteiger partial charge in [0.05, 0.1) is 11.3 Å². The summed E-state index contributed by atoms with van der Waals surface area (Å²) in [6, 6.07) is 3.46. The summed E-state index contributed by atoms with van der Waals surface area (Å²) < 4.78 is 39.4. The van der Waals surface area contributed by atoms with Gasteiger partial charge in [-0.2, -0.15) is 13.2 Å². The maximum atomic E-state index is 13.1. The minimum atomic E-state index is -4.57. The Balaban J connectivity index is 2.20. The molecule has 0 saturated carbocycles. The molecule has 1 aliphatic heterocycles. The Labute approximate surface area is 127 Å². The fraction of sp³-hybridized carbons (Fsp3) is 0.571.